The van der Waals surface area contributed by atoms with Crippen LogP contribution in [0.15, 0.2) is 10.6 Å². The Morgan fingerprint density at radius 3 is 2.68 bits per heavy atom. The van der Waals surface area contributed by atoms with E-state index < -0.39 is 0 Å². The van der Waals surface area contributed by atoms with Crippen molar-refractivity contribution in [3.8, 4) is 11.3 Å². The second-order valence-electron chi connectivity index (χ2n) is 5.08. The van der Waals surface area contributed by atoms with Gasteiger partial charge in [-0.2, -0.15) is 5.10 Å². The van der Waals surface area contributed by atoms with Crippen molar-refractivity contribution in [2.75, 3.05) is 0 Å². The van der Waals surface area contributed by atoms with Gasteiger partial charge >= 0.3 is 0 Å². The zero-order chi connectivity index (χ0) is 14.0. The Labute approximate surface area is 114 Å². The first-order chi connectivity index (χ1) is 9.02. The number of rotatable bonds is 5. The number of hydrogen-bond donors (Lipinski definition) is 1. The zero-order valence-electron chi connectivity index (χ0n) is 12.3. The molecule has 0 atom stereocenters. The summed E-state index contributed by atoms with van der Waals surface area (Å²) < 4.78 is 7.44. The Bertz CT molecular complexity index is 554. The molecule has 0 radical (unpaired) electrons. The molecule has 2 aromatic rings. The summed E-state index contributed by atoms with van der Waals surface area (Å²) in [6.07, 6.45) is 0. The van der Waals surface area contributed by atoms with Crippen LogP contribution in [0.4, 0.5) is 0 Å². The van der Waals surface area contributed by atoms with Gasteiger partial charge in [0.2, 0.25) is 0 Å². The Hall–Kier alpha value is -1.62. The van der Waals surface area contributed by atoms with Crippen LogP contribution in [-0.2, 0) is 13.1 Å². The molecule has 5 nitrogen and oxygen atoms in total. The van der Waals surface area contributed by atoms with E-state index in [9.17, 15) is 0 Å². The van der Waals surface area contributed by atoms with E-state index >= 15 is 0 Å². The van der Waals surface area contributed by atoms with Crippen molar-refractivity contribution in [1.29, 1.82) is 0 Å². The van der Waals surface area contributed by atoms with E-state index in [-0.39, 0.29) is 0 Å². The van der Waals surface area contributed by atoms with Crippen molar-refractivity contribution in [2.24, 2.45) is 0 Å². The average molecular weight is 262 g/mol. The van der Waals surface area contributed by atoms with Crippen LogP contribution in [0.25, 0.3) is 11.3 Å². The lowest BCUT2D eigenvalue weighted by Gasteiger charge is -2.03. The number of nitrogens with zero attached hydrogens (tertiary/aromatic N) is 3. The highest BCUT2D eigenvalue weighted by Gasteiger charge is 2.17. The van der Waals surface area contributed by atoms with E-state index in [1.54, 1.807) is 0 Å². The molecular weight excluding hydrogens is 240 g/mol. The number of aromatic nitrogens is 3. The van der Waals surface area contributed by atoms with Gasteiger partial charge < -0.3 is 9.84 Å². The highest BCUT2D eigenvalue weighted by molar-refractivity contribution is 5.63. The lowest BCUT2D eigenvalue weighted by atomic mass is 10.1. The minimum Gasteiger partial charge on any atom is -0.356 e. The minimum atomic E-state index is 0.437. The molecule has 0 aliphatic rings. The molecule has 0 aliphatic carbocycles. The van der Waals surface area contributed by atoms with Crippen LogP contribution >= 0.6 is 0 Å². The fourth-order valence-corrected chi connectivity index (χ4v) is 2.18. The second kappa shape index (κ2) is 5.57. The number of aryl methyl sites for hydroxylation is 2. The summed E-state index contributed by atoms with van der Waals surface area (Å²) in [6.45, 7) is 12.0. The third-order valence-electron chi connectivity index (χ3n) is 3.18. The van der Waals surface area contributed by atoms with Crippen molar-refractivity contribution in [3.63, 3.8) is 0 Å². The fraction of sp³-hybridized carbons (Fsp3) is 0.571. The number of hydrogen-bond acceptors (Lipinski definition) is 4. The van der Waals surface area contributed by atoms with E-state index in [1.165, 1.54) is 0 Å². The Morgan fingerprint density at radius 1 is 1.37 bits per heavy atom. The van der Waals surface area contributed by atoms with Gasteiger partial charge in [-0.1, -0.05) is 19.0 Å². The third-order valence-corrected chi connectivity index (χ3v) is 3.18. The molecule has 0 saturated heterocycles. The first-order valence-electron chi connectivity index (χ1n) is 6.76. The molecule has 2 heterocycles. The van der Waals surface area contributed by atoms with E-state index in [4.69, 9.17) is 4.52 Å². The maximum absolute atomic E-state index is 5.46. The molecule has 0 aromatic carbocycles. The van der Waals surface area contributed by atoms with Crippen LogP contribution in [0, 0.1) is 13.8 Å². The first kappa shape index (κ1) is 13.8. The molecule has 5 heteroatoms. The van der Waals surface area contributed by atoms with Crippen LogP contribution in [0.3, 0.4) is 0 Å². The topological polar surface area (TPSA) is 55.9 Å². The van der Waals surface area contributed by atoms with Gasteiger partial charge in [-0.3, -0.25) is 4.68 Å². The largest absolute Gasteiger partial charge is 0.356 e. The summed E-state index contributed by atoms with van der Waals surface area (Å²) in [6, 6.07) is 2.43. The SMILES string of the molecule is CCn1nc(C)c(-c2cc(CNC(C)C)no2)c1C. The molecule has 0 unspecified atom stereocenters. The van der Waals surface area contributed by atoms with Crippen molar-refractivity contribution >= 4 is 0 Å². The van der Waals surface area contributed by atoms with E-state index in [2.05, 4.69) is 43.3 Å². The van der Waals surface area contributed by atoms with Crippen molar-refractivity contribution in [2.45, 2.75) is 53.8 Å². The molecule has 0 aliphatic heterocycles. The van der Waals surface area contributed by atoms with Crippen LogP contribution in [-0.4, -0.2) is 21.0 Å². The Kier molecular flexibility index (Phi) is 4.04. The van der Waals surface area contributed by atoms with Crippen LogP contribution < -0.4 is 5.32 Å². The third kappa shape index (κ3) is 2.87. The highest BCUT2D eigenvalue weighted by atomic mass is 16.5. The number of nitrogens with one attached hydrogen (secondary N) is 1. The zero-order valence-corrected chi connectivity index (χ0v) is 12.3. The van der Waals surface area contributed by atoms with E-state index in [0.29, 0.717) is 6.04 Å². The summed E-state index contributed by atoms with van der Waals surface area (Å²) >= 11 is 0. The lowest BCUT2D eigenvalue weighted by molar-refractivity contribution is 0.417. The second-order valence-corrected chi connectivity index (χ2v) is 5.08. The molecule has 2 rings (SSSR count). The molecule has 1 N–H and O–H groups in total. The summed E-state index contributed by atoms with van der Waals surface area (Å²) in [7, 11) is 0. The standard InChI is InChI=1S/C14H22N4O/c1-6-18-11(5)14(10(4)16-18)13-7-12(17-19-13)8-15-9(2)3/h7,9,15H,6,8H2,1-5H3. The molecule has 0 fully saturated rings. The van der Waals surface area contributed by atoms with E-state index in [1.807, 2.05) is 17.7 Å². The monoisotopic (exact) mass is 262 g/mol. The Balaban J connectivity index is 2.25. The van der Waals surface area contributed by atoms with Crippen LogP contribution in [0.1, 0.15) is 37.9 Å². The highest BCUT2D eigenvalue weighted by Crippen LogP contribution is 2.27. The van der Waals surface area contributed by atoms with Gasteiger partial charge in [0, 0.05) is 30.9 Å². The molecule has 0 amide bonds. The van der Waals surface area contributed by atoms with Crippen molar-refractivity contribution in [1.82, 2.24) is 20.3 Å². The maximum atomic E-state index is 5.46. The molecule has 19 heavy (non-hydrogen) atoms. The predicted octanol–water partition coefficient (Wildman–Crippen LogP) is 2.67. The average Bonchev–Trinajstić information content (AvgIpc) is 2.91. The maximum Gasteiger partial charge on any atom is 0.170 e. The van der Waals surface area contributed by atoms with Crippen LogP contribution in [0.5, 0.6) is 0 Å². The van der Waals surface area contributed by atoms with Gasteiger partial charge in [0.15, 0.2) is 5.76 Å². The molecule has 104 valence electrons. The quantitative estimate of drug-likeness (QED) is 0.900. The van der Waals surface area contributed by atoms with Gasteiger partial charge in [0.25, 0.3) is 0 Å². The van der Waals surface area contributed by atoms with Gasteiger partial charge in [-0.25, -0.2) is 0 Å². The molecule has 0 spiro atoms. The van der Waals surface area contributed by atoms with Gasteiger partial charge in [-0.15, -0.1) is 0 Å². The molecular formula is C14H22N4O. The van der Waals surface area contributed by atoms with Crippen molar-refractivity contribution < 1.29 is 4.52 Å². The minimum absolute atomic E-state index is 0.437. The van der Waals surface area contributed by atoms with E-state index in [0.717, 1.165) is 41.5 Å². The summed E-state index contributed by atoms with van der Waals surface area (Å²) in [5, 5.41) is 11.9. The fourth-order valence-electron chi connectivity index (χ4n) is 2.18. The summed E-state index contributed by atoms with van der Waals surface area (Å²) in [4.78, 5) is 0. The molecule has 0 saturated carbocycles. The summed E-state index contributed by atoms with van der Waals surface area (Å²) in [5.74, 6) is 0.801. The summed E-state index contributed by atoms with van der Waals surface area (Å²) in [5.41, 5.74) is 4.09. The smallest absolute Gasteiger partial charge is 0.170 e. The predicted molar refractivity (Wildman–Crippen MR) is 74.8 cm³/mol. The Morgan fingerprint density at radius 2 is 2.11 bits per heavy atom. The lowest BCUT2D eigenvalue weighted by Crippen LogP contribution is -2.21. The first-order valence-corrected chi connectivity index (χ1v) is 6.76. The van der Waals surface area contributed by atoms with Gasteiger partial charge in [-0.05, 0) is 20.8 Å². The van der Waals surface area contributed by atoms with Gasteiger partial charge in [0.05, 0.1) is 17.0 Å². The van der Waals surface area contributed by atoms with Crippen molar-refractivity contribution in [3.05, 3.63) is 23.1 Å². The van der Waals surface area contributed by atoms with Gasteiger partial charge in [0.1, 0.15) is 0 Å². The molecule has 0 bridgehead atoms. The molecule has 2 aromatic heterocycles. The normalized spacial score (nSPS) is 11.5. The van der Waals surface area contributed by atoms with Crippen LogP contribution in [0.2, 0.25) is 0 Å².